The van der Waals surface area contributed by atoms with Crippen LogP contribution in [-0.4, -0.2) is 11.6 Å². The van der Waals surface area contributed by atoms with Crippen LogP contribution in [0.15, 0.2) is 22.8 Å². The van der Waals surface area contributed by atoms with Crippen molar-refractivity contribution in [2.24, 2.45) is 35.0 Å². The number of ketones is 2. The number of allylic oxidation sites excluding steroid dienone is 4. The summed E-state index contributed by atoms with van der Waals surface area (Å²) in [6.07, 6.45) is 11.6. The van der Waals surface area contributed by atoms with Crippen molar-refractivity contribution in [2.75, 3.05) is 0 Å². The molecule has 0 aromatic carbocycles. The van der Waals surface area contributed by atoms with Crippen molar-refractivity contribution in [3.8, 4) is 0 Å². The highest BCUT2D eigenvalue weighted by Crippen LogP contribution is 2.63. The average molecular weight is 338 g/mol. The van der Waals surface area contributed by atoms with Crippen molar-refractivity contribution in [1.29, 1.82) is 0 Å². The molecule has 0 bridgehead atoms. The lowest BCUT2D eigenvalue weighted by molar-refractivity contribution is -0.127. The predicted molar refractivity (Wildman–Crippen MR) is 97.9 cm³/mol. The van der Waals surface area contributed by atoms with Crippen LogP contribution >= 0.6 is 0 Å². The highest BCUT2D eigenvalue weighted by Gasteiger charge is 2.55. The van der Waals surface area contributed by atoms with E-state index < -0.39 is 0 Å². The molecule has 134 valence electrons. The van der Waals surface area contributed by atoms with Crippen LogP contribution < -0.4 is 0 Å². The third kappa shape index (κ3) is 2.43. The van der Waals surface area contributed by atoms with Crippen molar-refractivity contribution < 1.29 is 9.59 Å². The fourth-order valence-corrected chi connectivity index (χ4v) is 6.94. The number of fused-ring (bicyclic) bond motifs is 4. The van der Waals surface area contributed by atoms with Crippen LogP contribution in [0.4, 0.5) is 0 Å². The van der Waals surface area contributed by atoms with Crippen molar-refractivity contribution in [1.82, 2.24) is 0 Å². The Kier molecular flexibility index (Phi) is 3.47. The Morgan fingerprint density at radius 3 is 2.76 bits per heavy atom. The molecule has 3 saturated carbocycles. The fourth-order valence-electron chi connectivity index (χ4n) is 6.94. The van der Waals surface area contributed by atoms with Gasteiger partial charge in [-0.3, -0.25) is 9.59 Å². The number of carbonyl (C=O) groups excluding carboxylic acids is 2. The van der Waals surface area contributed by atoms with Crippen LogP contribution in [0.25, 0.3) is 0 Å². The van der Waals surface area contributed by atoms with E-state index >= 15 is 0 Å². The van der Waals surface area contributed by atoms with Gasteiger partial charge in [-0.25, -0.2) is 0 Å². The summed E-state index contributed by atoms with van der Waals surface area (Å²) in [7, 11) is 0. The van der Waals surface area contributed by atoms with Crippen LogP contribution in [0.3, 0.4) is 0 Å². The molecule has 2 nitrogen and oxygen atoms in total. The topological polar surface area (TPSA) is 34.1 Å². The Labute approximate surface area is 151 Å². The van der Waals surface area contributed by atoms with Crippen LogP contribution in [0.5, 0.6) is 0 Å². The van der Waals surface area contributed by atoms with Crippen LogP contribution in [-0.2, 0) is 9.59 Å². The Morgan fingerprint density at radius 1 is 1.20 bits per heavy atom. The van der Waals surface area contributed by atoms with Gasteiger partial charge >= 0.3 is 0 Å². The first kappa shape index (κ1) is 16.0. The Morgan fingerprint density at radius 2 is 2.00 bits per heavy atom. The van der Waals surface area contributed by atoms with Gasteiger partial charge in [0, 0.05) is 18.3 Å². The molecule has 5 atom stereocenters. The number of carbonyl (C=O) groups is 2. The van der Waals surface area contributed by atoms with E-state index in [9.17, 15) is 9.59 Å². The van der Waals surface area contributed by atoms with E-state index in [1.807, 2.05) is 6.08 Å². The fraction of sp³-hybridized carbons (Fsp3) is 0.739. The maximum Gasteiger partial charge on any atom is 0.156 e. The van der Waals surface area contributed by atoms with Gasteiger partial charge in [0.05, 0.1) is 0 Å². The number of Topliss-reactive ketones (excluding diaryl/α,β-unsaturated/α-hetero) is 1. The van der Waals surface area contributed by atoms with Crippen molar-refractivity contribution >= 4 is 11.6 Å². The van der Waals surface area contributed by atoms with E-state index in [2.05, 4.69) is 13.8 Å². The van der Waals surface area contributed by atoms with Crippen molar-refractivity contribution in [3.63, 3.8) is 0 Å². The zero-order valence-corrected chi connectivity index (χ0v) is 15.6. The molecule has 25 heavy (non-hydrogen) atoms. The Balaban J connectivity index is 1.61. The largest absolute Gasteiger partial charge is 0.299 e. The molecule has 0 heterocycles. The summed E-state index contributed by atoms with van der Waals surface area (Å²) in [5, 5.41) is 0. The van der Waals surface area contributed by atoms with Gasteiger partial charge in [0.2, 0.25) is 0 Å². The summed E-state index contributed by atoms with van der Waals surface area (Å²) in [6, 6.07) is 0. The quantitative estimate of drug-likeness (QED) is 0.707. The Bertz CT molecular complexity index is 708. The minimum Gasteiger partial charge on any atom is -0.299 e. The average Bonchev–Trinajstić information content (AvgIpc) is 3.36. The molecule has 0 N–H and O–H groups in total. The molecule has 0 aliphatic heterocycles. The number of hydrogen-bond acceptors (Lipinski definition) is 2. The summed E-state index contributed by atoms with van der Waals surface area (Å²) in [6.45, 7) is 4.90. The number of rotatable bonds is 2. The summed E-state index contributed by atoms with van der Waals surface area (Å²) < 4.78 is 0. The smallest absolute Gasteiger partial charge is 0.156 e. The SMILES string of the molecule is CC1C[C@H]2[C@H]3C(=C4CCC(=O)C=C4CC3C(=O)C3CC3)CC[C@]2(C)C1. The molecule has 0 spiro atoms. The van der Waals surface area contributed by atoms with Crippen molar-refractivity contribution in [3.05, 3.63) is 22.8 Å². The minimum atomic E-state index is 0.165. The minimum absolute atomic E-state index is 0.165. The van der Waals surface area contributed by atoms with Gasteiger partial charge in [-0.15, -0.1) is 0 Å². The summed E-state index contributed by atoms with van der Waals surface area (Å²) in [4.78, 5) is 25.2. The number of hydrogen-bond donors (Lipinski definition) is 0. The van der Waals surface area contributed by atoms with Gasteiger partial charge in [-0.1, -0.05) is 19.4 Å². The summed E-state index contributed by atoms with van der Waals surface area (Å²) in [5.74, 6) is 3.26. The molecule has 0 amide bonds. The lowest BCUT2D eigenvalue weighted by Gasteiger charge is -2.50. The summed E-state index contributed by atoms with van der Waals surface area (Å²) in [5.41, 5.74) is 4.75. The molecule has 0 radical (unpaired) electrons. The second kappa shape index (κ2) is 5.41. The van der Waals surface area contributed by atoms with Gasteiger partial charge in [0.15, 0.2) is 5.78 Å². The van der Waals surface area contributed by atoms with E-state index in [1.165, 1.54) is 36.8 Å². The maximum atomic E-state index is 13.2. The molecule has 3 fully saturated rings. The first-order chi connectivity index (χ1) is 12.0. The molecular formula is C23H30O2. The van der Waals surface area contributed by atoms with Gasteiger partial charge in [-0.2, -0.15) is 0 Å². The van der Waals surface area contributed by atoms with E-state index in [-0.39, 0.29) is 11.7 Å². The van der Waals surface area contributed by atoms with Gasteiger partial charge in [0.25, 0.3) is 0 Å². The molecule has 5 aliphatic carbocycles. The highest BCUT2D eigenvalue weighted by atomic mass is 16.1. The molecule has 0 aromatic rings. The second-order valence-electron chi connectivity index (χ2n) is 9.96. The van der Waals surface area contributed by atoms with Crippen LogP contribution in [0.2, 0.25) is 0 Å². The van der Waals surface area contributed by atoms with E-state index in [0.717, 1.165) is 31.6 Å². The first-order valence-electron chi connectivity index (χ1n) is 10.5. The van der Waals surface area contributed by atoms with E-state index in [0.29, 0.717) is 35.4 Å². The molecule has 0 aromatic heterocycles. The third-order valence-corrected chi connectivity index (χ3v) is 8.12. The highest BCUT2D eigenvalue weighted by molar-refractivity contribution is 5.94. The maximum absolute atomic E-state index is 13.2. The monoisotopic (exact) mass is 338 g/mol. The molecule has 5 aliphatic rings. The Hall–Kier alpha value is -1.18. The van der Waals surface area contributed by atoms with Crippen LogP contribution in [0, 0.1) is 35.0 Å². The van der Waals surface area contributed by atoms with Gasteiger partial charge in [-0.05, 0) is 91.8 Å². The molecule has 0 saturated heterocycles. The lowest BCUT2D eigenvalue weighted by Crippen LogP contribution is -2.44. The van der Waals surface area contributed by atoms with Crippen LogP contribution in [0.1, 0.15) is 71.6 Å². The zero-order chi connectivity index (χ0) is 17.3. The van der Waals surface area contributed by atoms with Gasteiger partial charge < -0.3 is 0 Å². The summed E-state index contributed by atoms with van der Waals surface area (Å²) >= 11 is 0. The predicted octanol–water partition coefficient (Wildman–Crippen LogP) is 5.03. The molecule has 2 heteroatoms. The molecule has 5 rings (SSSR count). The standard InChI is InChI=1S/C23H30O2/c1-13-9-20-21-18(7-8-23(20,2)12-13)17-6-5-16(24)10-15(17)11-19(21)22(25)14-3-4-14/h10,13-14,19-21H,3-9,11-12H2,1-2H3/t13?,19?,20-,21-,23+/m0/s1. The first-order valence-corrected chi connectivity index (χ1v) is 10.5. The third-order valence-electron chi connectivity index (χ3n) is 8.12. The molecular weight excluding hydrogens is 308 g/mol. The lowest BCUT2D eigenvalue weighted by atomic mass is 9.54. The zero-order valence-electron chi connectivity index (χ0n) is 15.6. The van der Waals surface area contributed by atoms with E-state index in [1.54, 1.807) is 5.57 Å². The van der Waals surface area contributed by atoms with Gasteiger partial charge in [0.1, 0.15) is 5.78 Å². The van der Waals surface area contributed by atoms with Crippen molar-refractivity contribution in [2.45, 2.75) is 71.6 Å². The molecule has 2 unspecified atom stereocenters. The van der Waals surface area contributed by atoms with E-state index in [4.69, 9.17) is 0 Å². The normalized spacial score (nSPS) is 43.3. The second-order valence-corrected chi connectivity index (χ2v) is 9.96.